The molecule has 0 heterocycles. The minimum Gasteiger partial charge on any atom is -0.423 e. The molecule has 1 aliphatic carbocycles. The Morgan fingerprint density at radius 3 is 1.43 bits per heavy atom. The van der Waals surface area contributed by atoms with Gasteiger partial charge in [-0.2, -0.15) is 0 Å². The number of rotatable bonds is 32. The molecule has 1 saturated carbocycles. The van der Waals surface area contributed by atoms with E-state index in [1.807, 2.05) is 24.3 Å². The largest absolute Gasteiger partial charge is 0.493 e. The molecule has 1 aliphatic rings. The first-order valence-corrected chi connectivity index (χ1v) is 29.0. The van der Waals surface area contributed by atoms with E-state index in [1.54, 1.807) is 14.2 Å². The van der Waals surface area contributed by atoms with Crippen LogP contribution in [0.3, 0.4) is 0 Å². The minimum atomic E-state index is -1.52. The summed E-state index contributed by atoms with van der Waals surface area (Å²) in [5.41, 5.74) is 8.24. The third-order valence-electron chi connectivity index (χ3n) is 16.1. The predicted molar refractivity (Wildman–Crippen MR) is 327 cm³/mol. The van der Waals surface area contributed by atoms with E-state index in [-0.39, 0.29) is 0 Å². The van der Waals surface area contributed by atoms with Crippen molar-refractivity contribution in [2.75, 3.05) is 80.0 Å². The fourth-order valence-electron chi connectivity index (χ4n) is 12.2. The maximum absolute atomic E-state index is 10.4. The molecule has 416 valence electrons. The molecule has 0 amide bonds. The monoisotopic (exact) mass is 1070 g/mol. The van der Waals surface area contributed by atoms with Gasteiger partial charge in [-0.25, -0.2) is 0 Å². The highest BCUT2D eigenvalue weighted by Crippen LogP contribution is 2.37. The van der Waals surface area contributed by atoms with Crippen LogP contribution in [0.15, 0.2) is 194 Å². The van der Waals surface area contributed by atoms with Crippen molar-refractivity contribution in [2.24, 2.45) is 11.8 Å². The molecule has 0 unspecified atom stereocenters. The zero-order valence-corrected chi connectivity index (χ0v) is 47.0. The summed E-state index contributed by atoms with van der Waals surface area (Å²) in [6, 6.07) is 68.1. The molecule has 0 aromatic heterocycles. The summed E-state index contributed by atoms with van der Waals surface area (Å²) < 4.78 is 29.7. The van der Waals surface area contributed by atoms with Crippen molar-refractivity contribution in [2.45, 2.75) is 63.7 Å². The zero-order valence-electron chi connectivity index (χ0n) is 47.0. The molecule has 8 aromatic carbocycles. The molecule has 1 fully saturated rings. The average Bonchev–Trinajstić information content (AvgIpc) is 3.58. The molecular formula is C68H81B2N3O7. The van der Waals surface area contributed by atoms with Crippen LogP contribution >= 0.6 is 0 Å². The van der Waals surface area contributed by atoms with Crippen LogP contribution in [-0.4, -0.2) is 114 Å². The highest BCUT2D eigenvalue weighted by molar-refractivity contribution is 6.61. The Balaban J connectivity index is 0.747. The van der Waals surface area contributed by atoms with Gasteiger partial charge in [0.05, 0.1) is 32.0 Å². The van der Waals surface area contributed by atoms with Gasteiger partial charge in [-0.15, -0.1) is 0 Å². The minimum absolute atomic E-state index is 0.429. The number of nitrogens with one attached hydrogen (secondary N) is 1. The quantitative estimate of drug-likeness (QED) is 0.0163. The molecule has 0 radical (unpaired) electrons. The van der Waals surface area contributed by atoms with Gasteiger partial charge in [0.25, 0.3) is 0 Å². The average molecular weight is 1070 g/mol. The first kappa shape index (κ1) is 58.7. The molecule has 0 bridgehead atoms. The number of fused-ring (bicyclic) bond motifs is 2. The first-order valence-electron chi connectivity index (χ1n) is 29.0. The maximum Gasteiger partial charge on any atom is 0.493 e. The van der Waals surface area contributed by atoms with Gasteiger partial charge < -0.3 is 33.6 Å². The second kappa shape index (κ2) is 30.7. The SMILES string of the molecule is COB(OC)c1ccccc1CN(CCCOCCOCCOCCCNC(c1ccccc1)(c1ccccc1)c1ccccc1)CC1CCC(CN(Cc2ccccc2B(O)O)Cc2c3ccccc3cc3ccccc23)CC1. The molecular weight excluding hydrogens is 992 g/mol. The van der Waals surface area contributed by atoms with Crippen LogP contribution < -0.4 is 16.2 Å². The van der Waals surface area contributed by atoms with E-state index < -0.39 is 19.8 Å². The van der Waals surface area contributed by atoms with Crippen LogP contribution in [0, 0.1) is 11.8 Å². The standard InChI is InChI=1S/C68H81B2N3O7/c1-76-70(77-2)67-35-19-15-25-59(67)51-72(41-21-43-79-45-47-80-46-44-78-42-20-40-71-68(60-26-6-3-7-27-60,61-28-8-4-9-29-61)62-30-10-5-11-31-62)49-54-36-38-55(39-37-54)50-73(52-58-24-14-18-34-66(58)69(74)75)53-65-63-32-16-12-22-56(63)48-57-23-13-17-33-64(57)65/h3-19,22-35,48,54-55,71,74-75H,20-21,36-47,49-53H2,1-2H3. The fourth-order valence-corrected chi connectivity index (χ4v) is 12.2. The lowest BCUT2D eigenvalue weighted by molar-refractivity contribution is 0.0122. The van der Waals surface area contributed by atoms with E-state index in [0.717, 1.165) is 88.8 Å². The summed E-state index contributed by atoms with van der Waals surface area (Å²) >= 11 is 0. The Bertz CT molecular complexity index is 2920. The molecule has 0 atom stereocenters. The summed E-state index contributed by atoms with van der Waals surface area (Å²) in [5, 5.41) is 29.8. The van der Waals surface area contributed by atoms with Crippen LogP contribution in [0.1, 0.15) is 71.9 Å². The lowest BCUT2D eigenvalue weighted by Crippen LogP contribution is -2.45. The number of nitrogens with zero attached hydrogens (tertiary/aromatic N) is 2. The number of hydrogen-bond donors (Lipinski definition) is 3. The summed E-state index contributed by atoms with van der Waals surface area (Å²) in [6.45, 7) is 9.25. The highest BCUT2D eigenvalue weighted by atomic mass is 16.6. The van der Waals surface area contributed by atoms with Gasteiger partial charge in [-0.1, -0.05) is 188 Å². The van der Waals surface area contributed by atoms with Gasteiger partial charge in [0.2, 0.25) is 0 Å². The first-order chi connectivity index (χ1) is 39.4. The fraction of sp³-hybridized carbons (Fsp3) is 0.353. The topological polar surface area (TPSA) is 105 Å². The second-order valence-electron chi connectivity index (χ2n) is 21.5. The molecule has 12 heteroatoms. The summed E-state index contributed by atoms with van der Waals surface area (Å²) in [6.07, 6.45) is 6.38. The molecule has 0 aliphatic heterocycles. The summed E-state index contributed by atoms with van der Waals surface area (Å²) in [5.74, 6) is 1.09. The lowest BCUT2D eigenvalue weighted by atomic mass is 9.75. The smallest absolute Gasteiger partial charge is 0.423 e. The van der Waals surface area contributed by atoms with Crippen molar-refractivity contribution >= 4 is 46.7 Å². The van der Waals surface area contributed by atoms with Crippen LogP contribution in [0.4, 0.5) is 0 Å². The third-order valence-corrected chi connectivity index (χ3v) is 16.1. The van der Waals surface area contributed by atoms with Crippen LogP contribution in [0.2, 0.25) is 0 Å². The maximum atomic E-state index is 10.4. The molecule has 3 N–H and O–H groups in total. The van der Waals surface area contributed by atoms with E-state index in [4.69, 9.17) is 23.5 Å². The molecule has 0 saturated heterocycles. The molecule has 0 spiro atoms. The highest BCUT2D eigenvalue weighted by Gasteiger charge is 2.36. The lowest BCUT2D eigenvalue weighted by Gasteiger charge is -2.37. The number of ether oxygens (including phenoxy) is 3. The van der Waals surface area contributed by atoms with Gasteiger partial charge in [0.15, 0.2) is 0 Å². The van der Waals surface area contributed by atoms with Gasteiger partial charge in [0.1, 0.15) is 0 Å². The van der Waals surface area contributed by atoms with E-state index in [1.165, 1.54) is 49.4 Å². The van der Waals surface area contributed by atoms with Gasteiger partial charge >= 0.3 is 14.2 Å². The van der Waals surface area contributed by atoms with Crippen LogP contribution in [0.5, 0.6) is 0 Å². The van der Waals surface area contributed by atoms with Crippen molar-refractivity contribution in [1.29, 1.82) is 0 Å². The number of benzene rings is 8. The van der Waals surface area contributed by atoms with Crippen molar-refractivity contribution in [3.05, 3.63) is 228 Å². The summed E-state index contributed by atoms with van der Waals surface area (Å²) in [7, 11) is 1.44. The Morgan fingerprint density at radius 1 is 0.475 bits per heavy atom. The number of hydrogen-bond acceptors (Lipinski definition) is 10. The van der Waals surface area contributed by atoms with Gasteiger partial charge in [-0.05, 0) is 129 Å². The second-order valence-corrected chi connectivity index (χ2v) is 21.5. The molecule has 10 nitrogen and oxygen atoms in total. The zero-order chi connectivity index (χ0) is 55.2. The van der Waals surface area contributed by atoms with E-state index in [0.29, 0.717) is 63.5 Å². The van der Waals surface area contributed by atoms with Crippen LogP contribution in [-0.2, 0) is 48.7 Å². The van der Waals surface area contributed by atoms with E-state index in [2.05, 4.69) is 185 Å². The molecule has 80 heavy (non-hydrogen) atoms. The Hall–Kier alpha value is -5.99. The van der Waals surface area contributed by atoms with E-state index >= 15 is 0 Å². The Kier molecular flexibility index (Phi) is 22.5. The van der Waals surface area contributed by atoms with Gasteiger partial charge in [0, 0.05) is 66.7 Å². The van der Waals surface area contributed by atoms with Crippen molar-refractivity contribution in [1.82, 2.24) is 15.1 Å². The summed E-state index contributed by atoms with van der Waals surface area (Å²) in [4.78, 5) is 5.17. The van der Waals surface area contributed by atoms with Crippen LogP contribution in [0.25, 0.3) is 21.5 Å². The predicted octanol–water partition coefficient (Wildman–Crippen LogP) is 10.4. The Labute approximate surface area is 476 Å². The van der Waals surface area contributed by atoms with E-state index in [9.17, 15) is 10.0 Å². The third kappa shape index (κ3) is 15.7. The molecule has 9 rings (SSSR count). The molecule has 8 aromatic rings. The van der Waals surface area contributed by atoms with Crippen molar-refractivity contribution in [3.8, 4) is 0 Å². The Morgan fingerprint density at radius 2 is 0.900 bits per heavy atom. The van der Waals surface area contributed by atoms with Crippen molar-refractivity contribution in [3.63, 3.8) is 0 Å². The van der Waals surface area contributed by atoms with Crippen molar-refractivity contribution < 1.29 is 33.6 Å². The normalized spacial score (nSPS) is 14.8. The van der Waals surface area contributed by atoms with Gasteiger partial charge in [-0.3, -0.25) is 15.1 Å².